The van der Waals surface area contributed by atoms with E-state index in [9.17, 15) is 9.59 Å². The first-order valence-electron chi connectivity index (χ1n) is 5.80. The van der Waals surface area contributed by atoms with Gasteiger partial charge in [-0.3, -0.25) is 4.79 Å². The van der Waals surface area contributed by atoms with Crippen LogP contribution < -0.4 is 5.32 Å². The molecular weight excluding hydrogens is 300 g/mol. The Hall–Kier alpha value is -2.38. The second kappa shape index (κ2) is 6.38. The van der Waals surface area contributed by atoms with E-state index in [-0.39, 0.29) is 28.6 Å². The third-order valence-electron chi connectivity index (χ3n) is 2.53. The number of methoxy groups -OCH3 is 1. The summed E-state index contributed by atoms with van der Waals surface area (Å²) < 4.78 is 9.74. The number of carboxylic acids is 1. The third-order valence-corrected chi connectivity index (χ3v) is 2.86. The van der Waals surface area contributed by atoms with Crippen molar-refractivity contribution < 1.29 is 24.0 Å². The molecule has 0 atom stereocenters. The van der Waals surface area contributed by atoms with Gasteiger partial charge in [-0.05, 0) is 18.2 Å². The van der Waals surface area contributed by atoms with Crippen molar-refractivity contribution in [1.82, 2.24) is 5.16 Å². The molecule has 8 heteroatoms. The third kappa shape index (κ3) is 3.59. The molecule has 2 N–H and O–H groups in total. The Bertz CT molecular complexity index is 683. The van der Waals surface area contributed by atoms with Crippen molar-refractivity contribution in [2.75, 3.05) is 12.4 Å². The second-order valence-corrected chi connectivity index (χ2v) is 4.47. The number of hydrogen-bond donors (Lipinski definition) is 2. The zero-order valence-electron chi connectivity index (χ0n) is 10.9. The molecule has 1 heterocycles. The van der Waals surface area contributed by atoms with E-state index in [1.165, 1.54) is 31.4 Å². The minimum Gasteiger partial charge on any atom is -0.478 e. The summed E-state index contributed by atoms with van der Waals surface area (Å²) in [5, 5.41) is 15.2. The lowest BCUT2D eigenvalue weighted by Gasteiger charge is -2.05. The monoisotopic (exact) mass is 310 g/mol. The van der Waals surface area contributed by atoms with Crippen LogP contribution in [0.3, 0.4) is 0 Å². The van der Waals surface area contributed by atoms with E-state index in [0.29, 0.717) is 5.76 Å². The van der Waals surface area contributed by atoms with Gasteiger partial charge in [-0.15, -0.1) is 0 Å². The number of carboxylic acid groups (broad SMARTS) is 1. The zero-order chi connectivity index (χ0) is 15.4. The van der Waals surface area contributed by atoms with Crippen LogP contribution in [-0.2, 0) is 11.3 Å². The largest absolute Gasteiger partial charge is 0.478 e. The van der Waals surface area contributed by atoms with Crippen LogP contribution in [0.5, 0.6) is 0 Å². The fourth-order valence-electron chi connectivity index (χ4n) is 1.59. The number of carbonyl (C=O) groups excluding carboxylic acids is 1. The number of nitrogens with zero attached hydrogens (tertiary/aromatic N) is 1. The fraction of sp³-hybridized carbons (Fsp3) is 0.154. The van der Waals surface area contributed by atoms with Crippen molar-refractivity contribution in [3.63, 3.8) is 0 Å². The fourth-order valence-corrected chi connectivity index (χ4v) is 1.79. The summed E-state index contributed by atoms with van der Waals surface area (Å²) in [6.45, 7) is 0.199. The van der Waals surface area contributed by atoms with Crippen molar-refractivity contribution >= 4 is 29.2 Å². The minimum atomic E-state index is -1.18. The topological polar surface area (TPSA) is 102 Å². The summed E-state index contributed by atoms with van der Waals surface area (Å²) in [6, 6.07) is 5.58. The van der Waals surface area contributed by atoms with Gasteiger partial charge < -0.3 is 19.7 Å². The number of amides is 1. The van der Waals surface area contributed by atoms with Gasteiger partial charge in [0.2, 0.25) is 0 Å². The van der Waals surface area contributed by atoms with E-state index >= 15 is 0 Å². The molecule has 21 heavy (non-hydrogen) atoms. The molecule has 7 nitrogen and oxygen atoms in total. The molecule has 1 aromatic carbocycles. The molecule has 0 bridgehead atoms. The summed E-state index contributed by atoms with van der Waals surface area (Å²) in [5.41, 5.74) is 0.252. The Kier molecular flexibility index (Phi) is 4.56. The van der Waals surface area contributed by atoms with Crippen LogP contribution >= 0.6 is 11.6 Å². The van der Waals surface area contributed by atoms with Gasteiger partial charge in [0.05, 0.1) is 10.6 Å². The second-order valence-electron chi connectivity index (χ2n) is 4.07. The van der Waals surface area contributed by atoms with Crippen LogP contribution in [0.25, 0.3) is 0 Å². The van der Waals surface area contributed by atoms with Crippen molar-refractivity contribution in [1.29, 1.82) is 0 Å². The number of halogens is 1. The van der Waals surface area contributed by atoms with E-state index in [4.69, 9.17) is 26.0 Å². The van der Waals surface area contributed by atoms with Gasteiger partial charge in [0.25, 0.3) is 5.91 Å². The number of hydrogen-bond acceptors (Lipinski definition) is 5. The van der Waals surface area contributed by atoms with Crippen LogP contribution in [0.15, 0.2) is 28.8 Å². The van der Waals surface area contributed by atoms with Crippen LogP contribution in [0.1, 0.15) is 26.6 Å². The molecule has 2 rings (SSSR count). The summed E-state index contributed by atoms with van der Waals surface area (Å²) in [7, 11) is 1.49. The van der Waals surface area contributed by atoms with E-state index in [1.54, 1.807) is 0 Å². The van der Waals surface area contributed by atoms with Crippen molar-refractivity contribution in [3.05, 3.63) is 46.3 Å². The lowest BCUT2D eigenvalue weighted by atomic mass is 10.2. The van der Waals surface area contributed by atoms with Gasteiger partial charge in [-0.1, -0.05) is 16.8 Å². The van der Waals surface area contributed by atoms with E-state index in [0.717, 1.165) is 0 Å². The quantitative estimate of drug-likeness (QED) is 0.879. The number of aromatic nitrogens is 1. The lowest BCUT2D eigenvalue weighted by molar-refractivity contribution is 0.0696. The number of anilines is 1. The average molecular weight is 311 g/mol. The molecule has 1 amide bonds. The summed E-state index contributed by atoms with van der Waals surface area (Å²) >= 11 is 5.75. The molecule has 1 aromatic heterocycles. The molecule has 0 saturated carbocycles. The SMILES string of the molecule is COCc1cc(C(=O)Nc2ccc(Cl)c(C(=O)O)c2)no1. The summed E-state index contributed by atoms with van der Waals surface area (Å²) in [5.74, 6) is -1.30. The number of rotatable bonds is 5. The average Bonchev–Trinajstić information content (AvgIpc) is 2.90. The number of nitrogens with one attached hydrogen (secondary N) is 1. The van der Waals surface area contributed by atoms with E-state index in [1.807, 2.05) is 0 Å². The van der Waals surface area contributed by atoms with E-state index in [2.05, 4.69) is 10.5 Å². The first-order valence-corrected chi connectivity index (χ1v) is 6.17. The highest BCUT2D eigenvalue weighted by atomic mass is 35.5. The van der Waals surface area contributed by atoms with Gasteiger partial charge in [0, 0.05) is 18.9 Å². The van der Waals surface area contributed by atoms with Gasteiger partial charge in [0.15, 0.2) is 11.5 Å². The van der Waals surface area contributed by atoms with Crippen molar-refractivity contribution in [3.8, 4) is 0 Å². The highest BCUT2D eigenvalue weighted by Gasteiger charge is 2.15. The lowest BCUT2D eigenvalue weighted by Crippen LogP contribution is -2.12. The van der Waals surface area contributed by atoms with Gasteiger partial charge in [-0.2, -0.15) is 0 Å². The summed E-state index contributed by atoms with van der Waals surface area (Å²) in [4.78, 5) is 22.9. The van der Waals surface area contributed by atoms with Crippen molar-refractivity contribution in [2.45, 2.75) is 6.61 Å². The first-order chi connectivity index (χ1) is 10.0. The van der Waals surface area contributed by atoms with Crippen molar-refractivity contribution in [2.24, 2.45) is 0 Å². The number of aromatic carboxylic acids is 1. The smallest absolute Gasteiger partial charge is 0.337 e. The Morgan fingerprint density at radius 2 is 2.19 bits per heavy atom. The Balaban J connectivity index is 2.15. The van der Waals surface area contributed by atoms with Crippen LogP contribution in [0.4, 0.5) is 5.69 Å². The van der Waals surface area contributed by atoms with Gasteiger partial charge in [-0.25, -0.2) is 4.79 Å². The zero-order valence-corrected chi connectivity index (χ0v) is 11.7. The molecule has 0 unspecified atom stereocenters. The molecule has 2 aromatic rings. The molecule has 0 saturated heterocycles. The van der Waals surface area contributed by atoms with Crippen LogP contribution in [0.2, 0.25) is 5.02 Å². The van der Waals surface area contributed by atoms with Crippen LogP contribution in [0, 0.1) is 0 Å². The number of benzene rings is 1. The maximum absolute atomic E-state index is 11.9. The maximum Gasteiger partial charge on any atom is 0.337 e. The van der Waals surface area contributed by atoms with Crippen LogP contribution in [-0.4, -0.2) is 29.2 Å². The standard InChI is InChI=1S/C13H11ClN2O5/c1-20-6-8-5-11(16-21-8)12(17)15-7-2-3-10(14)9(4-7)13(18)19/h2-5H,6H2,1H3,(H,15,17)(H,18,19). The molecule has 0 radical (unpaired) electrons. The Morgan fingerprint density at radius 3 is 2.86 bits per heavy atom. The predicted molar refractivity (Wildman–Crippen MR) is 73.6 cm³/mol. The first kappa shape index (κ1) is 15.0. The maximum atomic E-state index is 11.9. The van der Waals surface area contributed by atoms with E-state index < -0.39 is 11.9 Å². The summed E-state index contributed by atoms with van der Waals surface area (Å²) in [6.07, 6.45) is 0. The Labute approximate surface area is 124 Å². The molecule has 110 valence electrons. The number of ether oxygens (including phenoxy) is 1. The highest BCUT2D eigenvalue weighted by Crippen LogP contribution is 2.21. The normalized spacial score (nSPS) is 10.4. The molecule has 0 aliphatic carbocycles. The van der Waals surface area contributed by atoms with Gasteiger partial charge in [0.1, 0.15) is 6.61 Å². The molecule has 0 spiro atoms. The molecular formula is C13H11ClN2O5. The highest BCUT2D eigenvalue weighted by molar-refractivity contribution is 6.33. The molecule has 0 aliphatic heterocycles. The number of carbonyl (C=O) groups is 2. The molecule has 0 aliphatic rings. The molecule has 0 fully saturated rings. The predicted octanol–water partition coefficient (Wildman–Crippen LogP) is 2.42. The Morgan fingerprint density at radius 1 is 1.43 bits per heavy atom. The minimum absolute atomic E-state index is 0.0638. The van der Waals surface area contributed by atoms with Gasteiger partial charge >= 0.3 is 5.97 Å².